The van der Waals surface area contributed by atoms with Crippen LogP contribution in [0.5, 0.6) is 11.5 Å². The number of anilines is 2. The normalized spacial score (nSPS) is 17.5. The van der Waals surface area contributed by atoms with Crippen molar-refractivity contribution in [2.75, 3.05) is 24.9 Å². The molecule has 2 atom stereocenters. The molecular formula is C22H19Cl2F3N4O3. The topological polar surface area (TPSA) is 77.4 Å². The summed E-state index contributed by atoms with van der Waals surface area (Å²) in [5.41, 5.74) is 0.575. The second kappa shape index (κ2) is 9.27. The van der Waals surface area contributed by atoms with Gasteiger partial charge >= 0.3 is 6.18 Å². The average Bonchev–Trinajstić information content (AvgIpc) is 3.24. The molecule has 0 radical (unpaired) electrons. The van der Waals surface area contributed by atoms with Crippen LogP contribution in [0.15, 0.2) is 42.5 Å². The van der Waals surface area contributed by atoms with E-state index < -0.39 is 24.2 Å². The summed E-state index contributed by atoms with van der Waals surface area (Å²) in [4.78, 5) is 12.7. The monoisotopic (exact) mass is 514 g/mol. The minimum absolute atomic E-state index is 0.0516. The number of alkyl halides is 3. The second-order valence-electron chi connectivity index (χ2n) is 7.54. The van der Waals surface area contributed by atoms with Crippen LogP contribution in [0, 0.1) is 0 Å². The molecule has 0 unspecified atom stereocenters. The van der Waals surface area contributed by atoms with E-state index in [2.05, 4.69) is 15.7 Å². The van der Waals surface area contributed by atoms with Crippen LogP contribution in [-0.2, 0) is 0 Å². The standard InChI is InChI=1S/C22H19Cl2F3N4O3/c1-33-17-6-3-11(7-18(17)34-2)14-9-19(22(25,26)27)31-20(28-14)10-16(30-31)21(32)29-15-8-12(23)4-5-13(15)24/h3-8,10,14,19,28H,9H2,1-2H3,(H,29,32)/t14-,19-/m0/s1. The fourth-order valence-electron chi connectivity index (χ4n) is 3.75. The molecule has 1 aliphatic rings. The molecule has 0 aliphatic carbocycles. The zero-order chi connectivity index (χ0) is 24.6. The van der Waals surface area contributed by atoms with Crippen molar-refractivity contribution in [1.82, 2.24) is 9.78 Å². The Kier molecular flexibility index (Phi) is 6.55. The van der Waals surface area contributed by atoms with E-state index in [4.69, 9.17) is 32.7 Å². The summed E-state index contributed by atoms with van der Waals surface area (Å²) in [6.07, 6.45) is -4.93. The molecule has 0 saturated heterocycles. The Labute approximate surface area is 202 Å². The van der Waals surface area contributed by atoms with E-state index in [1.54, 1.807) is 24.3 Å². The Morgan fingerprint density at radius 3 is 2.53 bits per heavy atom. The molecule has 12 heteroatoms. The van der Waals surface area contributed by atoms with Crippen molar-refractivity contribution in [2.45, 2.75) is 24.7 Å². The number of aromatic nitrogens is 2. The number of benzene rings is 2. The zero-order valence-corrected chi connectivity index (χ0v) is 19.4. The number of nitrogens with zero attached hydrogens (tertiary/aromatic N) is 2. The number of hydrogen-bond donors (Lipinski definition) is 2. The largest absolute Gasteiger partial charge is 0.493 e. The van der Waals surface area contributed by atoms with Gasteiger partial charge in [-0.3, -0.25) is 4.79 Å². The van der Waals surface area contributed by atoms with Gasteiger partial charge in [-0.1, -0.05) is 29.3 Å². The molecule has 1 aromatic heterocycles. The van der Waals surface area contributed by atoms with E-state index in [0.717, 1.165) is 4.68 Å². The highest BCUT2D eigenvalue weighted by molar-refractivity contribution is 6.35. The Bertz CT molecular complexity index is 1230. The number of ether oxygens (including phenoxy) is 2. The number of rotatable bonds is 5. The lowest BCUT2D eigenvalue weighted by molar-refractivity contribution is -0.173. The van der Waals surface area contributed by atoms with Crippen LogP contribution in [0.2, 0.25) is 10.0 Å². The zero-order valence-electron chi connectivity index (χ0n) is 17.9. The van der Waals surface area contributed by atoms with Gasteiger partial charge in [-0.25, -0.2) is 4.68 Å². The van der Waals surface area contributed by atoms with Crippen LogP contribution in [0.25, 0.3) is 0 Å². The lowest BCUT2D eigenvalue weighted by atomic mass is 9.96. The molecule has 180 valence electrons. The smallest absolute Gasteiger partial charge is 0.410 e. The van der Waals surface area contributed by atoms with Gasteiger partial charge in [-0.15, -0.1) is 0 Å². The summed E-state index contributed by atoms with van der Waals surface area (Å²) >= 11 is 12.0. The lowest BCUT2D eigenvalue weighted by Crippen LogP contribution is -2.35. The van der Waals surface area contributed by atoms with Gasteiger partial charge in [0, 0.05) is 17.5 Å². The van der Waals surface area contributed by atoms with Crippen molar-refractivity contribution in [3.63, 3.8) is 0 Å². The van der Waals surface area contributed by atoms with Crippen molar-refractivity contribution in [3.8, 4) is 11.5 Å². The van der Waals surface area contributed by atoms with Gasteiger partial charge in [0.15, 0.2) is 23.2 Å². The summed E-state index contributed by atoms with van der Waals surface area (Å²) in [7, 11) is 2.92. The number of fused-ring (bicyclic) bond motifs is 1. The minimum atomic E-state index is -4.60. The molecule has 0 saturated carbocycles. The molecule has 2 N–H and O–H groups in total. The number of amides is 1. The molecule has 4 rings (SSSR count). The first-order valence-corrected chi connectivity index (χ1v) is 10.8. The quantitative estimate of drug-likeness (QED) is 0.428. The number of nitrogens with one attached hydrogen (secondary N) is 2. The first kappa shape index (κ1) is 24.0. The van der Waals surface area contributed by atoms with E-state index in [9.17, 15) is 18.0 Å². The first-order valence-electron chi connectivity index (χ1n) is 10.0. The highest BCUT2D eigenvalue weighted by Crippen LogP contribution is 2.44. The molecule has 1 amide bonds. The Balaban J connectivity index is 1.66. The summed E-state index contributed by atoms with van der Waals surface area (Å²) in [5, 5.41) is 10.1. The maximum Gasteiger partial charge on any atom is 0.410 e. The predicted octanol–water partition coefficient (Wildman–Crippen LogP) is 6.12. The van der Waals surface area contributed by atoms with Crippen LogP contribution >= 0.6 is 23.2 Å². The van der Waals surface area contributed by atoms with Gasteiger partial charge < -0.3 is 20.1 Å². The maximum atomic E-state index is 14.0. The Morgan fingerprint density at radius 2 is 1.85 bits per heavy atom. The number of methoxy groups -OCH3 is 2. The molecule has 0 bridgehead atoms. The van der Waals surface area contributed by atoms with Crippen molar-refractivity contribution in [1.29, 1.82) is 0 Å². The highest BCUT2D eigenvalue weighted by atomic mass is 35.5. The van der Waals surface area contributed by atoms with Gasteiger partial charge in [0.05, 0.1) is 31.0 Å². The Hall–Kier alpha value is -3.11. The van der Waals surface area contributed by atoms with Crippen molar-refractivity contribution >= 4 is 40.6 Å². The van der Waals surface area contributed by atoms with E-state index in [-0.39, 0.29) is 28.6 Å². The minimum Gasteiger partial charge on any atom is -0.493 e. The SMILES string of the molecule is COc1ccc([C@@H]2C[C@@H](C(F)(F)F)n3nc(C(=O)Nc4cc(Cl)ccc4Cl)cc3N2)cc1OC. The molecule has 3 aromatic rings. The van der Waals surface area contributed by atoms with Crippen molar-refractivity contribution < 1.29 is 27.4 Å². The summed E-state index contributed by atoms with van der Waals surface area (Å²) in [5.74, 6) is 0.174. The van der Waals surface area contributed by atoms with E-state index in [1.807, 2.05) is 0 Å². The summed E-state index contributed by atoms with van der Waals surface area (Å²) in [6.45, 7) is 0. The third kappa shape index (κ3) is 4.74. The number of carbonyl (C=O) groups is 1. The molecule has 0 fully saturated rings. The van der Waals surface area contributed by atoms with E-state index in [0.29, 0.717) is 22.1 Å². The van der Waals surface area contributed by atoms with Gasteiger partial charge in [-0.2, -0.15) is 18.3 Å². The number of hydrogen-bond acceptors (Lipinski definition) is 5. The van der Waals surface area contributed by atoms with Crippen LogP contribution in [-0.4, -0.2) is 36.1 Å². The van der Waals surface area contributed by atoms with Gasteiger partial charge in [0.1, 0.15) is 5.82 Å². The number of halogens is 5. The van der Waals surface area contributed by atoms with Gasteiger partial charge in [0.25, 0.3) is 5.91 Å². The van der Waals surface area contributed by atoms with Gasteiger partial charge in [0.2, 0.25) is 0 Å². The third-order valence-corrected chi connectivity index (χ3v) is 5.97. The van der Waals surface area contributed by atoms with Crippen LogP contribution in [0.4, 0.5) is 24.7 Å². The molecular weight excluding hydrogens is 496 g/mol. The molecule has 1 aliphatic heterocycles. The Morgan fingerprint density at radius 1 is 1.12 bits per heavy atom. The lowest BCUT2D eigenvalue weighted by Gasteiger charge is -2.33. The highest BCUT2D eigenvalue weighted by Gasteiger charge is 2.47. The fraction of sp³-hybridized carbons (Fsp3) is 0.273. The molecule has 2 aromatic carbocycles. The molecule has 0 spiro atoms. The van der Waals surface area contributed by atoms with Crippen molar-refractivity contribution in [3.05, 3.63) is 63.8 Å². The van der Waals surface area contributed by atoms with E-state index in [1.165, 1.54) is 32.4 Å². The molecule has 34 heavy (non-hydrogen) atoms. The first-order chi connectivity index (χ1) is 16.1. The third-order valence-electron chi connectivity index (χ3n) is 5.41. The second-order valence-corrected chi connectivity index (χ2v) is 8.39. The average molecular weight is 515 g/mol. The summed E-state index contributed by atoms with van der Waals surface area (Å²) < 4.78 is 53.1. The van der Waals surface area contributed by atoms with E-state index >= 15 is 0 Å². The number of carbonyl (C=O) groups excluding carboxylic acids is 1. The van der Waals surface area contributed by atoms with Crippen LogP contribution in [0.1, 0.15) is 34.6 Å². The molecule has 2 heterocycles. The molecule has 7 nitrogen and oxygen atoms in total. The fourth-order valence-corrected chi connectivity index (χ4v) is 4.09. The van der Waals surface area contributed by atoms with Crippen LogP contribution < -0.4 is 20.1 Å². The predicted molar refractivity (Wildman–Crippen MR) is 122 cm³/mol. The van der Waals surface area contributed by atoms with Crippen LogP contribution in [0.3, 0.4) is 0 Å². The van der Waals surface area contributed by atoms with Gasteiger partial charge in [-0.05, 0) is 35.9 Å². The van der Waals surface area contributed by atoms with Crippen molar-refractivity contribution in [2.24, 2.45) is 0 Å². The maximum absolute atomic E-state index is 14.0. The summed E-state index contributed by atoms with van der Waals surface area (Å²) in [6, 6.07) is 7.97.